The molecule has 9 heteroatoms. The highest BCUT2D eigenvalue weighted by molar-refractivity contribution is 7.89. The lowest BCUT2D eigenvalue weighted by molar-refractivity contribution is -0.137. The molecule has 0 N–H and O–H groups in total. The van der Waals surface area contributed by atoms with Crippen molar-refractivity contribution in [1.82, 2.24) is 9.21 Å². The van der Waals surface area contributed by atoms with E-state index in [2.05, 4.69) is 0 Å². The van der Waals surface area contributed by atoms with Crippen LogP contribution in [0.3, 0.4) is 0 Å². The third kappa shape index (κ3) is 4.67. The van der Waals surface area contributed by atoms with Crippen molar-refractivity contribution in [1.29, 1.82) is 0 Å². The average Bonchev–Trinajstić information content (AvgIpc) is 3.24. The zero-order valence-electron chi connectivity index (χ0n) is 17.5. The lowest BCUT2D eigenvalue weighted by Crippen LogP contribution is -2.46. The van der Waals surface area contributed by atoms with Gasteiger partial charge in [0.2, 0.25) is 15.9 Å². The molecule has 0 radical (unpaired) electrons. The summed E-state index contributed by atoms with van der Waals surface area (Å²) in [5.41, 5.74) is 1.01. The van der Waals surface area contributed by atoms with Crippen molar-refractivity contribution in [3.8, 4) is 0 Å². The minimum absolute atomic E-state index is 0.0357. The average molecular weight is 483 g/mol. The predicted molar refractivity (Wildman–Crippen MR) is 118 cm³/mol. The molecule has 1 atom stereocenters. The second-order valence-corrected chi connectivity index (χ2v) is 10.7. The van der Waals surface area contributed by atoms with Crippen LogP contribution in [0.2, 0.25) is 5.02 Å². The standard InChI is InChI=1S/C23H25ClF2N2O3S/c24-20-6-2-1-4-17(20)14-19-5-3-11-28(19)23(29)16-9-12-27(13-10-16)32(30,31)22-15-18(25)7-8-21(22)26/h1-2,4,6-8,15-16,19H,3,5,9-14H2. The number of carbonyl (C=O) groups is 1. The Morgan fingerprint density at radius 3 is 2.47 bits per heavy atom. The third-order valence-electron chi connectivity index (χ3n) is 6.39. The smallest absolute Gasteiger partial charge is 0.246 e. The first kappa shape index (κ1) is 23.1. The molecule has 5 nitrogen and oxygen atoms in total. The van der Waals surface area contributed by atoms with Gasteiger partial charge in [0.1, 0.15) is 16.5 Å². The molecule has 2 heterocycles. The van der Waals surface area contributed by atoms with E-state index in [-0.39, 0.29) is 31.0 Å². The van der Waals surface area contributed by atoms with Crippen LogP contribution in [0.1, 0.15) is 31.2 Å². The van der Waals surface area contributed by atoms with E-state index in [4.69, 9.17) is 11.6 Å². The second-order valence-electron chi connectivity index (χ2n) is 8.38. The number of sulfonamides is 1. The quantitative estimate of drug-likeness (QED) is 0.640. The summed E-state index contributed by atoms with van der Waals surface area (Å²) in [5, 5.41) is 0.690. The monoisotopic (exact) mass is 482 g/mol. The molecular weight excluding hydrogens is 458 g/mol. The largest absolute Gasteiger partial charge is 0.339 e. The summed E-state index contributed by atoms with van der Waals surface area (Å²) in [5.74, 6) is -2.04. The van der Waals surface area contributed by atoms with E-state index < -0.39 is 26.6 Å². The van der Waals surface area contributed by atoms with Crippen molar-refractivity contribution in [2.45, 2.75) is 43.0 Å². The van der Waals surface area contributed by atoms with Gasteiger partial charge in [-0.25, -0.2) is 17.2 Å². The summed E-state index contributed by atoms with van der Waals surface area (Å²) in [7, 11) is -4.16. The molecule has 1 amide bonds. The molecule has 2 aliphatic heterocycles. The minimum atomic E-state index is -4.16. The number of likely N-dealkylation sites (tertiary alicyclic amines) is 1. The number of rotatable bonds is 5. The van der Waals surface area contributed by atoms with Crippen LogP contribution >= 0.6 is 11.6 Å². The van der Waals surface area contributed by atoms with Crippen molar-refractivity contribution in [2.75, 3.05) is 19.6 Å². The van der Waals surface area contributed by atoms with E-state index in [0.29, 0.717) is 36.9 Å². The fraction of sp³-hybridized carbons (Fsp3) is 0.435. The lowest BCUT2D eigenvalue weighted by atomic mass is 9.95. The summed E-state index contributed by atoms with van der Waals surface area (Å²) in [6, 6.07) is 10.1. The number of benzene rings is 2. The molecule has 2 aromatic rings. The first-order valence-electron chi connectivity index (χ1n) is 10.8. The molecule has 0 saturated carbocycles. The van der Waals surface area contributed by atoms with Crippen molar-refractivity contribution < 1.29 is 22.0 Å². The Balaban J connectivity index is 1.41. The number of halogens is 3. The van der Waals surface area contributed by atoms with E-state index >= 15 is 0 Å². The normalized spacial score (nSPS) is 20.6. The molecular formula is C23H25ClF2N2O3S. The maximum absolute atomic E-state index is 14.0. The first-order chi connectivity index (χ1) is 15.3. The van der Waals surface area contributed by atoms with Crippen molar-refractivity contribution in [3.05, 3.63) is 64.7 Å². The summed E-state index contributed by atoms with van der Waals surface area (Å²) in [4.78, 5) is 14.5. The van der Waals surface area contributed by atoms with Crippen LogP contribution in [0.5, 0.6) is 0 Å². The summed E-state index contributed by atoms with van der Waals surface area (Å²) >= 11 is 6.29. The zero-order chi connectivity index (χ0) is 22.9. The van der Waals surface area contributed by atoms with Gasteiger partial charge in [0.15, 0.2) is 0 Å². The molecule has 2 saturated heterocycles. The molecule has 0 spiro atoms. The number of hydrogen-bond acceptors (Lipinski definition) is 3. The molecule has 0 aromatic heterocycles. The van der Waals surface area contributed by atoms with Crippen molar-refractivity contribution in [3.63, 3.8) is 0 Å². The van der Waals surface area contributed by atoms with Gasteiger partial charge in [-0.1, -0.05) is 29.8 Å². The van der Waals surface area contributed by atoms with Crippen molar-refractivity contribution >= 4 is 27.5 Å². The van der Waals surface area contributed by atoms with E-state index in [1.165, 1.54) is 0 Å². The Kier molecular flexibility index (Phi) is 6.83. The maximum atomic E-state index is 14.0. The zero-order valence-corrected chi connectivity index (χ0v) is 19.1. The Hall–Kier alpha value is -2.03. The van der Waals surface area contributed by atoms with Crippen LogP contribution in [-0.4, -0.2) is 49.2 Å². The summed E-state index contributed by atoms with van der Waals surface area (Å²) in [6.45, 7) is 0.871. The number of carbonyl (C=O) groups excluding carboxylic acids is 1. The number of amides is 1. The molecule has 2 aromatic carbocycles. The predicted octanol–water partition coefficient (Wildman–Crippen LogP) is 4.25. The van der Waals surface area contributed by atoms with Crippen LogP contribution in [0, 0.1) is 17.6 Å². The molecule has 0 aliphatic carbocycles. The van der Waals surface area contributed by atoms with E-state index in [1.807, 2.05) is 29.2 Å². The fourth-order valence-electron chi connectivity index (χ4n) is 4.65. The number of piperidine rings is 1. The van der Waals surface area contributed by atoms with Crippen molar-refractivity contribution in [2.24, 2.45) is 5.92 Å². The van der Waals surface area contributed by atoms with Gasteiger partial charge in [-0.05, 0) is 61.9 Å². The van der Waals surface area contributed by atoms with Gasteiger partial charge >= 0.3 is 0 Å². The van der Waals surface area contributed by atoms with Gasteiger partial charge < -0.3 is 4.90 Å². The number of hydrogen-bond donors (Lipinski definition) is 0. The third-order valence-corrected chi connectivity index (χ3v) is 8.67. The number of nitrogens with zero attached hydrogens (tertiary/aromatic N) is 2. The lowest BCUT2D eigenvalue weighted by Gasteiger charge is -2.34. The van der Waals surface area contributed by atoms with Gasteiger partial charge in [-0.15, -0.1) is 0 Å². The molecule has 32 heavy (non-hydrogen) atoms. The fourth-order valence-corrected chi connectivity index (χ4v) is 6.41. The Morgan fingerprint density at radius 2 is 1.75 bits per heavy atom. The Bertz CT molecular complexity index is 1100. The van der Waals surface area contributed by atoms with Crippen LogP contribution in [-0.2, 0) is 21.2 Å². The maximum Gasteiger partial charge on any atom is 0.246 e. The van der Waals surface area contributed by atoms with E-state index in [9.17, 15) is 22.0 Å². The second kappa shape index (κ2) is 9.45. The van der Waals surface area contributed by atoms with Crippen LogP contribution < -0.4 is 0 Å². The van der Waals surface area contributed by atoms with E-state index in [1.54, 1.807) is 0 Å². The molecule has 2 aliphatic rings. The minimum Gasteiger partial charge on any atom is -0.339 e. The van der Waals surface area contributed by atoms with Gasteiger partial charge in [0.05, 0.1) is 0 Å². The van der Waals surface area contributed by atoms with Gasteiger partial charge in [0.25, 0.3) is 0 Å². The van der Waals surface area contributed by atoms with Crippen LogP contribution in [0.25, 0.3) is 0 Å². The van der Waals surface area contributed by atoms with Crippen LogP contribution in [0.15, 0.2) is 47.4 Å². The van der Waals surface area contributed by atoms with Crippen LogP contribution in [0.4, 0.5) is 8.78 Å². The molecule has 172 valence electrons. The highest BCUT2D eigenvalue weighted by Crippen LogP contribution is 2.30. The Morgan fingerprint density at radius 1 is 1.03 bits per heavy atom. The summed E-state index contributed by atoms with van der Waals surface area (Å²) in [6.07, 6.45) is 3.22. The Labute approximate surface area is 192 Å². The molecule has 0 bridgehead atoms. The van der Waals surface area contributed by atoms with Gasteiger partial charge in [-0.2, -0.15) is 4.31 Å². The first-order valence-corrected chi connectivity index (χ1v) is 12.6. The van der Waals surface area contributed by atoms with Gasteiger partial charge in [-0.3, -0.25) is 4.79 Å². The SMILES string of the molecule is O=C(C1CCN(S(=O)(=O)c2cc(F)ccc2F)CC1)N1CCCC1Cc1ccccc1Cl. The molecule has 1 unspecified atom stereocenters. The summed E-state index contributed by atoms with van der Waals surface area (Å²) < 4.78 is 54.3. The molecule has 4 rings (SSSR count). The highest BCUT2D eigenvalue weighted by Gasteiger charge is 2.38. The molecule has 2 fully saturated rings. The topological polar surface area (TPSA) is 57.7 Å². The van der Waals surface area contributed by atoms with E-state index in [0.717, 1.165) is 34.8 Å². The van der Waals surface area contributed by atoms with Gasteiger partial charge in [0, 0.05) is 36.6 Å². The highest BCUT2D eigenvalue weighted by atomic mass is 35.5.